The number of H-pyrrole nitrogens is 1. The van der Waals surface area contributed by atoms with E-state index < -0.39 is 0 Å². The number of carbonyl (C=O) groups is 1. The molecule has 1 fully saturated rings. The molecule has 0 radical (unpaired) electrons. The molecule has 2 aromatic heterocycles. The molecule has 3 rings (SSSR count). The largest absolute Gasteiger partial charge is 0.351 e. The molecule has 1 aliphatic rings. The van der Waals surface area contributed by atoms with E-state index in [2.05, 4.69) is 37.3 Å². The van der Waals surface area contributed by atoms with Gasteiger partial charge in [0.2, 0.25) is 5.91 Å². The number of carbonyl (C=O) groups excluding carboxylic acids is 1. The van der Waals surface area contributed by atoms with Crippen molar-refractivity contribution in [2.24, 2.45) is 0 Å². The van der Waals surface area contributed by atoms with Gasteiger partial charge in [0, 0.05) is 37.6 Å². The van der Waals surface area contributed by atoms with Gasteiger partial charge >= 0.3 is 0 Å². The molecule has 6 heteroatoms. The summed E-state index contributed by atoms with van der Waals surface area (Å²) in [6, 6.07) is 4.58. The van der Waals surface area contributed by atoms with Gasteiger partial charge in [-0.1, -0.05) is 0 Å². The Kier molecular flexibility index (Phi) is 4.48. The summed E-state index contributed by atoms with van der Waals surface area (Å²) in [5.74, 6) is -0.0334. The molecule has 6 nitrogen and oxygen atoms in total. The van der Waals surface area contributed by atoms with Crippen LogP contribution in [0.5, 0.6) is 0 Å². The first-order valence-electron chi connectivity index (χ1n) is 7.63. The minimum Gasteiger partial charge on any atom is -0.351 e. The van der Waals surface area contributed by atoms with Gasteiger partial charge in [-0.2, -0.15) is 0 Å². The molecule has 1 saturated heterocycles. The third-order valence-electron chi connectivity index (χ3n) is 4.04. The van der Waals surface area contributed by atoms with Crippen LogP contribution in [0, 0.1) is 0 Å². The van der Waals surface area contributed by atoms with Gasteiger partial charge in [-0.3, -0.25) is 14.7 Å². The van der Waals surface area contributed by atoms with Crippen LogP contribution in [0.4, 0.5) is 0 Å². The fourth-order valence-electron chi connectivity index (χ4n) is 3.00. The number of pyridine rings is 1. The highest BCUT2D eigenvalue weighted by atomic mass is 16.1. The maximum Gasteiger partial charge on any atom is 0.217 e. The summed E-state index contributed by atoms with van der Waals surface area (Å²) in [6.45, 7) is 3.98. The van der Waals surface area contributed by atoms with Crippen molar-refractivity contribution in [3.63, 3.8) is 0 Å². The summed E-state index contributed by atoms with van der Waals surface area (Å²) in [5.41, 5.74) is 3.31. The van der Waals surface area contributed by atoms with Crippen molar-refractivity contribution in [1.82, 2.24) is 25.2 Å². The predicted octanol–water partition coefficient (Wildman–Crippen LogP) is 1.78. The zero-order valence-electron chi connectivity index (χ0n) is 12.7. The quantitative estimate of drug-likeness (QED) is 0.882. The molecule has 1 aliphatic heterocycles. The van der Waals surface area contributed by atoms with Crippen molar-refractivity contribution in [2.45, 2.75) is 38.9 Å². The van der Waals surface area contributed by atoms with E-state index in [9.17, 15) is 4.79 Å². The molecule has 0 unspecified atom stereocenters. The summed E-state index contributed by atoms with van der Waals surface area (Å²) in [7, 11) is 0. The van der Waals surface area contributed by atoms with Gasteiger partial charge in [0.05, 0.1) is 18.6 Å². The second kappa shape index (κ2) is 6.70. The monoisotopic (exact) mass is 299 g/mol. The molecule has 0 spiro atoms. The third-order valence-corrected chi connectivity index (χ3v) is 4.04. The molecular formula is C16H21N5O. The van der Waals surface area contributed by atoms with Crippen LogP contribution in [0.25, 0.3) is 0 Å². The Hall–Kier alpha value is -2.21. The topological polar surface area (TPSA) is 73.9 Å². The van der Waals surface area contributed by atoms with Crippen LogP contribution in [-0.2, 0) is 17.9 Å². The van der Waals surface area contributed by atoms with Crippen LogP contribution in [-0.4, -0.2) is 32.3 Å². The second-order valence-corrected chi connectivity index (χ2v) is 5.70. The van der Waals surface area contributed by atoms with E-state index >= 15 is 0 Å². The number of amides is 1. The first-order chi connectivity index (χ1) is 10.7. The number of aromatic nitrogens is 3. The second-order valence-electron chi connectivity index (χ2n) is 5.70. The molecule has 0 aromatic carbocycles. The standard InChI is InChI=1S/C16H21N5O/c1-12(22)19-9-14-7-13(4-5-18-14)16-3-2-6-21(16)10-15-8-17-11-20-15/h4-5,7-8,11,16H,2-3,6,9-10H2,1H3,(H,17,20)(H,19,22)/t16-/m1/s1. The van der Waals surface area contributed by atoms with Crippen molar-refractivity contribution in [3.05, 3.63) is 47.8 Å². The lowest BCUT2D eigenvalue weighted by Crippen LogP contribution is -2.23. The van der Waals surface area contributed by atoms with Crippen molar-refractivity contribution < 1.29 is 4.79 Å². The van der Waals surface area contributed by atoms with Crippen LogP contribution in [0.15, 0.2) is 30.9 Å². The van der Waals surface area contributed by atoms with Crippen molar-refractivity contribution in [2.75, 3.05) is 6.54 Å². The molecule has 0 saturated carbocycles. The fraction of sp³-hybridized carbons (Fsp3) is 0.438. The van der Waals surface area contributed by atoms with E-state index in [-0.39, 0.29) is 5.91 Å². The lowest BCUT2D eigenvalue weighted by molar-refractivity contribution is -0.119. The molecule has 3 heterocycles. The summed E-state index contributed by atoms with van der Waals surface area (Å²) in [5, 5.41) is 2.80. The normalized spacial score (nSPS) is 18.5. The first kappa shape index (κ1) is 14.7. The first-order valence-corrected chi connectivity index (χ1v) is 7.63. The highest BCUT2D eigenvalue weighted by molar-refractivity contribution is 5.72. The smallest absolute Gasteiger partial charge is 0.217 e. The third kappa shape index (κ3) is 3.51. The number of imidazole rings is 1. The predicted molar refractivity (Wildman–Crippen MR) is 82.7 cm³/mol. The average Bonchev–Trinajstić information content (AvgIpc) is 3.18. The SMILES string of the molecule is CC(=O)NCc1cc([C@H]2CCCN2Cc2cnc[nH]2)ccn1. The van der Waals surface area contributed by atoms with E-state index in [1.807, 2.05) is 12.4 Å². The fourth-order valence-corrected chi connectivity index (χ4v) is 3.00. The summed E-state index contributed by atoms with van der Waals surface area (Å²) in [4.78, 5) is 25.1. The molecule has 0 aliphatic carbocycles. The molecule has 0 bridgehead atoms. The number of rotatable bonds is 5. The maximum absolute atomic E-state index is 11.0. The number of nitrogens with zero attached hydrogens (tertiary/aromatic N) is 3. The summed E-state index contributed by atoms with van der Waals surface area (Å²) < 4.78 is 0. The van der Waals surface area contributed by atoms with Crippen LogP contribution >= 0.6 is 0 Å². The van der Waals surface area contributed by atoms with Crippen LogP contribution in [0.1, 0.15) is 42.8 Å². The van der Waals surface area contributed by atoms with E-state index in [4.69, 9.17) is 0 Å². The highest BCUT2D eigenvalue weighted by Gasteiger charge is 2.26. The van der Waals surface area contributed by atoms with Crippen LogP contribution in [0.2, 0.25) is 0 Å². The molecule has 2 aromatic rings. The number of hydrogen-bond donors (Lipinski definition) is 2. The zero-order valence-corrected chi connectivity index (χ0v) is 12.7. The number of hydrogen-bond acceptors (Lipinski definition) is 4. The Balaban J connectivity index is 1.71. The number of likely N-dealkylation sites (tertiary alicyclic amines) is 1. The molecule has 2 N–H and O–H groups in total. The summed E-state index contributed by atoms with van der Waals surface area (Å²) >= 11 is 0. The Morgan fingerprint density at radius 3 is 3.23 bits per heavy atom. The maximum atomic E-state index is 11.0. The van der Waals surface area contributed by atoms with Crippen molar-refractivity contribution in [3.8, 4) is 0 Å². The Labute approximate surface area is 130 Å². The lowest BCUT2D eigenvalue weighted by atomic mass is 10.0. The lowest BCUT2D eigenvalue weighted by Gasteiger charge is -2.24. The van der Waals surface area contributed by atoms with Crippen molar-refractivity contribution >= 4 is 5.91 Å². The minimum absolute atomic E-state index is 0.0334. The van der Waals surface area contributed by atoms with Gasteiger partial charge in [0.15, 0.2) is 0 Å². The molecular weight excluding hydrogens is 278 g/mol. The van der Waals surface area contributed by atoms with Gasteiger partial charge < -0.3 is 10.3 Å². The Morgan fingerprint density at radius 2 is 2.45 bits per heavy atom. The van der Waals surface area contributed by atoms with E-state index in [0.29, 0.717) is 12.6 Å². The van der Waals surface area contributed by atoms with E-state index in [1.54, 1.807) is 6.33 Å². The van der Waals surface area contributed by atoms with Gasteiger partial charge in [0.1, 0.15) is 0 Å². The van der Waals surface area contributed by atoms with E-state index in [0.717, 1.165) is 30.9 Å². The minimum atomic E-state index is -0.0334. The highest BCUT2D eigenvalue weighted by Crippen LogP contribution is 2.32. The molecule has 1 amide bonds. The van der Waals surface area contributed by atoms with Gasteiger partial charge in [0.25, 0.3) is 0 Å². The van der Waals surface area contributed by atoms with E-state index in [1.165, 1.54) is 18.9 Å². The zero-order chi connectivity index (χ0) is 15.4. The number of nitrogens with one attached hydrogen (secondary N) is 2. The van der Waals surface area contributed by atoms with Gasteiger partial charge in [-0.05, 0) is 37.1 Å². The Bertz CT molecular complexity index is 625. The van der Waals surface area contributed by atoms with Gasteiger partial charge in [-0.25, -0.2) is 4.98 Å². The van der Waals surface area contributed by atoms with Crippen molar-refractivity contribution in [1.29, 1.82) is 0 Å². The van der Waals surface area contributed by atoms with Crippen LogP contribution < -0.4 is 5.32 Å². The molecule has 116 valence electrons. The van der Waals surface area contributed by atoms with Gasteiger partial charge in [-0.15, -0.1) is 0 Å². The number of aromatic amines is 1. The molecule has 1 atom stereocenters. The Morgan fingerprint density at radius 1 is 1.55 bits per heavy atom. The summed E-state index contributed by atoms with van der Waals surface area (Å²) in [6.07, 6.45) is 7.78. The molecule has 22 heavy (non-hydrogen) atoms. The van der Waals surface area contributed by atoms with Crippen LogP contribution in [0.3, 0.4) is 0 Å². The average molecular weight is 299 g/mol.